The van der Waals surface area contributed by atoms with Crippen LogP contribution in [0.2, 0.25) is 0 Å². The number of carbonyl (C=O) groups is 2. The molecule has 2 atom stereocenters. The molecule has 11 heteroatoms. The summed E-state index contributed by atoms with van der Waals surface area (Å²) in [7, 11) is 0. The van der Waals surface area contributed by atoms with Gasteiger partial charge in [0.2, 0.25) is 5.95 Å². The topological polar surface area (TPSA) is 110 Å². The molecule has 1 aliphatic heterocycles. The highest BCUT2D eigenvalue weighted by Gasteiger charge is 2.35. The third kappa shape index (κ3) is 5.30. The van der Waals surface area contributed by atoms with Crippen molar-refractivity contribution in [3.63, 3.8) is 0 Å². The number of likely N-dealkylation sites (tertiary alicyclic amines) is 1. The number of amides is 1. The number of hydrogen-bond acceptors (Lipinski definition) is 9. The monoisotopic (exact) mass is 486 g/mol. The number of carbonyl (C=O) groups excluding carboxylic acids is 2. The zero-order valence-corrected chi connectivity index (χ0v) is 20.6. The summed E-state index contributed by atoms with van der Waals surface area (Å²) < 4.78 is 19.7. The molecular weight excluding hydrogens is 459 g/mol. The number of aryl methyl sites for hydroxylation is 1. The number of halogens is 1. The molecule has 2 unspecified atom stereocenters. The summed E-state index contributed by atoms with van der Waals surface area (Å²) in [5.41, 5.74) is 0.677. The van der Waals surface area contributed by atoms with Crippen molar-refractivity contribution >= 4 is 39.5 Å². The van der Waals surface area contributed by atoms with E-state index < -0.39 is 11.4 Å². The van der Waals surface area contributed by atoms with E-state index in [1.54, 1.807) is 11.1 Å². The Morgan fingerprint density at radius 2 is 2.03 bits per heavy atom. The van der Waals surface area contributed by atoms with Crippen LogP contribution >= 0.6 is 11.3 Å². The van der Waals surface area contributed by atoms with Crippen LogP contribution in [0.1, 0.15) is 61.2 Å². The van der Waals surface area contributed by atoms with Gasteiger partial charge in [0.1, 0.15) is 16.1 Å². The quantitative estimate of drug-likeness (QED) is 0.541. The van der Waals surface area contributed by atoms with Crippen molar-refractivity contribution in [2.24, 2.45) is 5.92 Å². The molecule has 0 spiro atoms. The number of pyridine rings is 1. The van der Waals surface area contributed by atoms with Crippen molar-refractivity contribution in [3.05, 3.63) is 40.5 Å². The molecule has 1 amide bonds. The summed E-state index contributed by atoms with van der Waals surface area (Å²) in [6.45, 7) is 9.82. The smallest absolute Gasteiger partial charge is 0.311 e. The predicted octanol–water partition coefficient (Wildman–Crippen LogP) is 3.91. The number of rotatable bonds is 5. The van der Waals surface area contributed by atoms with Gasteiger partial charge in [0, 0.05) is 19.3 Å². The van der Waals surface area contributed by atoms with E-state index in [0.29, 0.717) is 28.9 Å². The van der Waals surface area contributed by atoms with Gasteiger partial charge in [-0.25, -0.2) is 14.4 Å². The highest BCUT2D eigenvalue weighted by atomic mass is 32.1. The van der Waals surface area contributed by atoms with Crippen LogP contribution in [0.25, 0.3) is 10.3 Å². The highest BCUT2D eigenvalue weighted by molar-refractivity contribution is 7.18. The van der Waals surface area contributed by atoms with Gasteiger partial charge in [-0.3, -0.25) is 14.6 Å². The van der Waals surface area contributed by atoms with Crippen molar-refractivity contribution in [2.45, 2.75) is 52.7 Å². The van der Waals surface area contributed by atoms with Crippen molar-refractivity contribution in [2.75, 3.05) is 18.4 Å². The Morgan fingerprint density at radius 1 is 1.26 bits per heavy atom. The Balaban J connectivity index is 1.58. The molecule has 0 aliphatic carbocycles. The molecule has 180 valence electrons. The first kappa shape index (κ1) is 23.9. The number of thiazole rings is 1. The fourth-order valence-corrected chi connectivity index (χ4v) is 4.59. The van der Waals surface area contributed by atoms with E-state index in [2.05, 4.69) is 25.3 Å². The molecule has 0 bridgehead atoms. The summed E-state index contributed by atoms with van der Waals surface area (Å²) in [6.07, 6.45) is 3.22. The van der Waals surface area contributed by atoms with Gasteiger partial charge in [-0.2, -0.15) is 4.98 Å². The molecule has 4 heterocycles. The van der Waals surface area contributed by atoms with Gasteiger partial charge in [-0.05, 0) is 52.7 Å². The SMILES string of the molecule is Cc1nc2nc(NC(C)c3cncc(F)c3)nc(C(=O)N3CCC(C(=O)OC(C)(C)C)C3)c2s1. The predicted molar refractivity (Wildman–Crippen MR) is 126 cm³/mol. The normalized spacial score (nSPS) is 17.1. The largest absolute Gasteiger partial charge is 0.460 e. The molecule has 9 nitrogen and oxygen atoms in total. The second kappa shape index (κ2) is 9.21. The van der Waals surface area contributed by atoms with Crippen molar-refractivity contribution in [3.8, 4) is 0 Å². The number of nitrogens with zero attached hydrogens (tertiary/aromatic N) is 5. The molecule has 3 aromatic rings. The van der Waals surface area contributed by atoms with E-state index in [9.17, 15) is 14.0 Å². The molecule has 1 fully saturated rings. The number of ether oxygens (including phenoxy) is 1. The highest BCUT2D eigenvalue weighted by Crippen LogP contribution is 2.29. The van der Waals surface area contributed by atoms with Gasteiger partial charge in [0.25, 0.3) is 5.91 Å². The Kier molecular flexibility index (Phi) is 6.48. The number of esters is 1. The molecule has 1 aliphatic rings. The first-order valence-electron chi connectivity index (χ1n) is 11.0. The standard InChI is InChI=1S/C23H27FN6O3S/c1-12(15-8-16(24)10-25-9-15)26-22-28-17(18-19(29-22)27-13(2)34-18)20(31)30-7-6-14(11-30)21(32)33-23(3,4)5/h8-10,12,14H,6-7,11H2,1-5H3,(H,26,28,29). The average molecular weight is 487 g/mol. The van der Waals surface area contributed by atoms with Gasteiger partial charge < -0.3 is 15.0 Å². The van der Waals surface area contributed by atoms with Gasteiger partial charge in [0.15, 0.2) is 11.3 Å². The molecule has 3 aromatic heterocycles. The fourth-order valence-electron chi connectivity index (χ4n) is 3.75. The minimum atomic E-state index is -0.581. The number of aromatic nitrogens is 4. The summed E-state index contributed by atoms with van der Waals surface area (Å²) in [6, 6.07) is 1.02. The molecule has 34 heavy (non-hydrogen) atoms. The van der Waals surface area contributed by atoms with Crippen molar-refractivity contribution < 1.29 is 18.7 Å². The summed E-state index contributed by atoms with van der Waals surface area (Å²) in [5, 5.41) is 3.87. The maximum Gasteiger partial charge on any atom is 0.311 e. The zero-order chi connectivity index (χ0) is 24.6. The maximum atomic E-state index is 13.6. The Morgan fingerprint density at radius 3 is 2.74 bits per heavy atom. The maximum absolute atomic E-state index is 13.6. The number of fused-ring (bicyclic) bond motifs is 1. The molecule has 0 saturated carbocycles. The van der Waals surface area contributed by atoms with Crippen molar-refractivity contribution in [1.82, 2.24) is 24.8 Å². The lowest BCUT2D eigenvalue weighted by molar-refractivity contribution is -0.159. The molecule has 1 N–H and O–H groups in total. The van der Waals surface area contributed by atoms with Gasteiger partial charge in [0.05, 0.1) is 23.2 Å². The summed E-state index contributed by atoms with van der Waals surface area (Å²) >= 11 is 1.34. The van der Waals surface area contributed by atoms with Crippen LogP contribution in [-0.4, -0.2) is 55.4 Å². The lowest BCUT2D eigenvalue weighted by Crippen LogP contribution is -2.33. The molecule has 0 aromatic carbocycles. The Hall–Kier alpha value is -3.21. The number of anilines is 1. The second-order valence-corrected chi connectivity index (χ2v) is 10.6. The van der Waals surface area contributed by atoms with Crippen LogP contribution in [0.4, 0.5) is 10.3 Å². The zero-order valence-electron chi connectivity index (χ0n) is 19.8. The average Bonchev–Trinajstić information content (AvgIpc) is 3.38. The molecule has 0 radical (unpaired) electrons. The summed E-state index contributed by atoms with van der Waals surface area (Å²) in [4.78, 5) is 44.8. The van der Waals surface area contributed by atoms with E-state index in [1.165, 1.54) is 17.4 Å². The number of nitrogens with one attached hydrogen (secondary N) is 1. The van der Waals surface area contributed by atoms with E-state index in [-0.39, 0.29) is 42.0 Å². The van der Waals surface area contributed by atoms with Crippen LogP contribution in [0.5, 0.6) is 0 Å². The van der Waals surface area contributed by atoms with Gasteiger partial charge in [-0.15, -0.1) is 11.3 Å². The van der Waals surface area contributed by atoms with Crippen LogP contribution in [0.3, 0.4) is 0 Å². The van der Waals surface area contributed by atoms with Gasteiger partial charge >= 0.3 is 5.97 Å². The second-order valence-electron chi connectivity index (χ2n) is 9.35. The molecule has 1 saturated heterocycles. The van der Waals surface area contributed by atoms with Crippen LogP contribution < -0.4 is 5.32 Å². The third-order valence-corrected chi connectivity index (χ3v) is 6.32. The first-order chi connectivity index (χ1) is 16.0. The fraction of sp³-hybridized carbons (Fsp3) is 0.478. The minimum absolute atomic E-state index is 0.209. The first-order valence-corrected chi connectivity index (χ1v) is 11.9. The lowest BCUT2D eigenvalue weighted by atomic mass is 10.1. The van der Waals surface area contributed by atoms with E-state index >= 15 is 0 Å². The van der Waals surface area contributed by atoms with E-state index in [1.807, 2.05) is 34.6 Å². The third-order valence-electron chi connectivity index (χ3n) is 5.35. The van der Waals surface area contributed by atoms with Crippen LogP contribution in [-0.2, 0) is 9.53 Å². The Bertz CT molecular complexity index is 1240. The minimum Gasteiger partial charge on any atom is -0.460 e. The molecular formula is C23H27FN6O3S. The van der Waals surface area contributed by atoms with Crippen LogP contribution in [0.15, 0.2) is 18.5 Å². The van der Waals surface area contributed by atoms with Gasteiger partial charge in [-0.1, -0.05) is 0 Å². The van der Waals surface area contributed by atoms with Crippen molar-refractivity contribution in [1.29, 1.82) is 0 Å². The summed E-state index contributed by atoms with van der Waals surface area (Å²) in [5.74, 6) is -1.20. The van der Waals surface area contributed by atoms with E-state index in [0.717, 1.165) is 11.2 Å². The Labute approximate surface area is 200 Å². The van der Waals surface area contributed by atoms with Crippen LogP contribution in [0, 0.1) is 18.7 Å². The lowest BCUT2D eigenvalue weighted by Gasteiger charge is -2.22. The molecule has 4 rings (SSSR count). The number of hydrogen-bond donors (Lipinski definition) is 1. The van der Waals surface area contributed by atoms with E-state index in [4.69, 9.17) is 4.74 Å².